The first-order valence-electron chi connectivity index (χ1n) is 16.9. The molecule has 15 heteroatoms. The van der Waals surface area contributed by atoms with Gasteiger partial charge in [-0.1, -0.05) is 89.4 Å². The van der Waals surface area contributed by atoms with Crippen molar-refractivity contribution in [3.05, 3.63) is 135 Å². The molecule has 2 aliphatic heterocycles. The highest BCUT2D eigenvalue weighted by atomic mass is 35.5. The van der Waals surface area contributed by atoms with E-state index >= 15 is 9.18 Å². The van der Waals surface area contributed by atoms with Crippen LogP contribution >= 0.6 is 23.2 Å². The van der Waals surface area contributed by atoms with Crippen LogP contribution in [0.3, 0.4) is 0 Å². The van der Waals surface area contributed by atoms with Gasteiger partial charge in [0.05, 0.1) is 40.3 Å². The van der Waals surface area contributed by atoms with Gasteiger partial charge >= 0.3 is 6.18 Å². The number of alkyl halides is 3. The zero-order valence-electron chi connectivity index (χ0n) is 27.9. The maximum atomic E-state index is 15.3. The van der Waals surface area contributed by atoms with Gasteiger partial charge in [0.1, 0.15) is 0 Å². The minimum atomic E-state index is -4.78. The number of benzene rings is 3. The normalized spacial score (nSPS) is 26.4. The van der Waals surface area contributed by atoms with Gasteiger partial charge in [-0.3, -0.25) is 29.5 Å². The number of hydrazine groups is 1. The molecule has 3 heterocycles. The molecule has 0 unspecified atom stereocenters. The summed E-state index contributed by atoms with van der Waals surface area (Å²) >= 11 is 12.5. The summed E-state index contributed by atoms with van der Waals surface area (Å²) in [5, 5.41) is 11.7. The van der Waals surface area contributed by atoms with E-state index in [-0.39, 0.29) is 36.4 Å². The van der Waals surface area contributed by atoms with Gasteiger partial charge in [0.15, 0.2) is 17.4 Å². The van der Waals surface area contributed by atoms with Crippen LogP contribution in [0.25, 0.3) is 0 Å². The van der Waals surface area contributed by atoms with E-state index in [0.29, 0.717) is 27.9 Å². The predicted octanol–water partition coefficient (Wildman–Crippen LogP) is 7.44. The highest BCUT2D eigenvalue weighted by Crippen LogP contribution is 2.65. The molecule has 0 bridgehead atoms. The van der Waals surface area contributed by atoms with Crippen molar-refractivity contribution in [1.29, 1.82) is 0 Å². The molecular formula is C39H28Cl2F4N4O5. The Bertz CT molecular complexity index is 2270. The number of amides is 4. The maximum Gasteiger partial charge on any atom is 0.417 e. The number of fused-ring (bicyclic) bond motifs is 4. The second-order valence-electron chi connectivity index (χ2n) is 13.8. The molecule has 4 aromatic rings. The molecule has 9 nitrogen and oxygen atoms in total. The number of nitrogens with one attached hydrogen (secondary N) is 1. The SMILES string of the molecule is O=C1[C@H]2[C@H](CC=C3[C@H]2C[C@H]2C(=O)N(Nc4ncc(C(F)(F)F)cc4Cl)C(=O)[C@@]2(c2ccc(Cl)cc2)[C@H]3c2cccc(F)c2O)C(=O)N1Cc1ccccc1. The number of pyridine rings is 1. The zero-order valence-corrected chi connectivity index (χ0v) is 29.4. The highest BCUT2D eigenvalue weighted by molar-refractivity contribution is 6.33. The van der Waals surface area contributed by atoms with Gasteiger partial charge in [0.2, 0.25) is 11.8 Å². The van der Waals surface area contributed by atoms with Crippen molar-refractivity contribution in [1.82, 2.24) is 14.9 Å². The van der Waals surface area contributed by atoms with Crippen LogP contribution in [0.5, 0.6) is 5.75 Å². The smallest absolute Gasteiger partial charge is 0.417 e. The van der Waals surface area contributed by atoms with Crippen LogP contribution in [0.1, 0.15) is 41.0 Å². The number of phenols is 1. The Morgan fingerprint density at radius 3 is 2.31 bits per heavy atom. The van der Waals surface area contributed by atoms with Gasteiger partial charge in [-0.2, -0.15) is 18.2 Å². The number of hydrogen-bond donors (Lipinski definition) is 2. The van der Waals surface area contributed by atoms with Crippen LogP contribution in [0.4, 0.5) is 23.4 Å². The number of para-hydroxylation sites is 1. The van der Waals surface area contributed by atoms with Gasteiger partial charge in [-0.25, -0.2) is 9.37 Å². The standard InChI is InChI=1S/C39H28Cl2F4N4O5/c40-22-11-9-20(10-12-22)38-27(35(52)49(37(38)54)47-33-28(41)15-21(17-46-33)39(43,44)45)16-26-23(31(38)25-7-4-8-29(42)32(25)50)13-14-24-30(26)36(53)48(34(24)51)18-19-5-2-1-3-6-19/h1-13,15,17,24,26-27,30-31,50H,14,16,18H2,(H,46,47)/t24-,26+,27-,30-,31+,38+/m0/s1. The fourth-order valence-electron chi connectivity index (χ4n) is 8.88. The number of rotatable bonds is 6. The van der Waals surface area contributed by atoms with E-state index in [9.17, 15) is 32.7 Å². The molecule has 2 aliphatic carbocycles. The third kappa shape index (κ3) is 5.38. The number of likely N-dealkylation sites (tertiary alicyclic amines) is 1. The molecule has 8 rings (SSSR count). The minimum absolute atomic E-state index is 0.0236. The number of allylic oxidation sites excluding steroid dienone is 2. The number of halogens is 6. The highest BCUT2D eigenvalue weighted by Gasteiger charge is 2.70. The van der Waals surface area contributed by atoms with Crippen molar-refractivity contribution in [2.75, 3.05) is 5.43 Å². The number of nitrogens with zero attached hydrogens (tertiary/aromatic N) is 3. The summed E-state index contributed by atoms with van der Waals surface area (Å²) in [7, 11) is 0. The lowest BCUT2D eigenvalue weighted by atomic mass is 9.49. The number of aromatic nitrogens is 1. The number of phenolic OH excluding ortho intramolecular Hbond substituents is 1. The average Bonchev–Trinajstić information content (AvgIpc) is 3.51. The molecule has 4 aliphatic rings. The first-order valence-corrected chi connectivity index (χ1v) is 17.7. The lowest BCUT2D eigenvalue weighted by Crippen LogP contribution is -2.53. The average molecular weight is 780 g/mol. The second-order valence-corrected chi connectivity index (χ2v) is 14.7. The van der Waals surface area contributed by atoms with E-state index in [1.54, 1.807) is 30.3 Å². The van der Waals surface area contributed by atoms with Crippen molar-refractivity contribution in [3.63, 3.8) is 0 Å². The summed E-state index contributed by atoms with van der Waals surface area (Å²) in [4.78, 5) is 63.1. The van der Waals surface area contributed by atoms with Gasteiger partial charge in [0.25, 0.3) is 11.8 Å². The largest absolute Gasteiger partial charge is 0.505 e. The van der Waals surface area contributed by atoms with Crippen LogP contribution in [0, 0.1) is 29.5 Å². The Morgan fingerprint density at radius 1 is 0.907 bits per heavy atom. The number of hydrogen-bond acceptors (Lipinski definition) is 7. The van der Waals surface area contributed by atoms with E-state index in [2.05, 4.69) is 10.4 Å². The molecule has 2 saturated heterocycles. The van der Waals surface area contributed by atoms with E-state index in [4.69, 9.17) is 23.2 Å². The van der Waals surface area contributed by atoms with Crippen LogP contribution in [-0.2, 0) is 37.3 Å². The minimum Gasteiger partial charge on any atom is -0.505 e. The lowest BCUT2D eigenvalue weighted by Gasteiger charge is -2.50. The molecule has 54 heavy (non-hydrogen) atoms. The zero-order chi connectivity index (χ0) is 38.3. The topological polar surface area (TPSA) is 120 Å². The molecule has 3 fully saturated rings. The molecule has 4 amide bonds. The summed E-state index contributed by atoms with van der Waals surface area (Å²) in [6.45, 7) is 0.0236. The van der Waals surface area contributed by atoms with Crippen molar-refractivity contribution in [3.8, 4) is 5.75 Å². The van der Waals surface area contributed by atoms with Gasteiger partial charge in [-0.15, -0.1) is 0 Å². The van der Waals surface area contributed by atoms with Crippen molar-refractivity contribution >= 4 is 52.6 Å². The number of aromatic hydroxyl groups is 1. The maximum absolute atomic E-state index is 15.3. The van der Waals surface area contributed by atoms with Gasteiger partial charge < -0.3 is 5.11 Å². The molecule has 1 aromatic heterocycles. The molecular weight excluding hydrogens is 751 g/mol. The third-order valence-corrected chi connectivity index (χ3v) is 11.7. The summed E-state index contributed by atoms with van der Waals surface area (Å²) in [6.07, 6.45) is -2.57. The van der Waals surface area contributed by atoms with Crippen LogP contribution in [-0.4, -0.2) is 43.6 Å². The van der Waals surface area contributed by atoms with Crippen molar-refractivity contribution in [2.45, 2.75) is 36.9 Å². The van der Waals surface area contributed by atoms with E-state index in [1.165, 1.54) is 41.3 Å². The fourth-order valence-corrected chi connectivity index (χ4v) is 9.21. The number of carbonyl (C=O) groups is 4. The Hall–Kier alpha value is -5.27. The van der Waals surface area contributed by atoms with Crippen molar-refractivity contribution in [2.24, 2.45) is 23.7 Å². The quantitative estimate of drug-likeness (QED) is 0.119. The van der Waals surface area contributed by atoms with E-state index < -0.39 is 86.9 Å². The molecule has 0 spiro atoms. The van der Waals surface area contributed by atoms with Crippen LogP contribution < -0.4 is 5.43 Å². The fraction of sp³-hybridized carbons (Fsp3) is 0.256. The Balaban J connectivity index is 1.30. The van der Waals surface area contributed by atoms with Crippen LogP contribution in [0.15, 0.2) is 96.7 Å². The summed E-state index contributed by atoms with van der Waals surface area (Å²) in [5.74, 6) is -9.92. The molecule has 0 radical (unpaired) electrons. The van der Waals surface area contributed by atoms with E-state index in [0.717, 1.165) is 11.6 Å². The molecule has 3 aromatic carbocycles. The predicted molar refractivity (Wildman–Crippen MR) is 187 cm³/mol. The summed E-state index contributed by atoms with van der Waals surface area (Å²) in [5.41, 5.74) is 0.857. The van der Waals surface area contributed by atoms with Crippen molar-refractivity contribution < 1.29 is 41.8 Å². The lowest BCUT2D eigenvalue weighted by molar-refractivity contribution is -0.142. The van der Waals surface area contributed by atoms with E-state index in [1.807, 2.05) is 6.07 Å². The van der Waals surface area contributed by atoms with Gasteiger partial charge in [-0.05, 0) is 54.2 Å². The molecule has 1 saturated carbocycles. The summed E-state index contributed by atoms with van der Waals surface area (Å²) < 4.78 is 55.6. The number of imide groups is 2. The Labute approximate surface area is 315 Å². The third-order valence-electron chi connectivity index (χ3n) is 11.2. The number of carbonyl (C=O) groups excluding carboxylic acids is 4. The first kappa shape index (κ1) is 35.7. The molecule has 6 atom stereocenters. The first-order chi connectivity index (χ1) is 25.7. The Kier molecular flexibility index (Phi) is 8.57. The van der Waals surface area contributed by atoms with Gasteiger partial charge in [0, 0.05) is 22.7 Å². The second kappa shape index (κ2) is 12.9. The van der Waals surface area contributed by atoms with Crippen LogP contribution in [0.2, 0.25) is 10.0 Å². The molecule has 276 valence electrons. The number of anilines is 1. The summed E-state index contributed by atoms with van der Waals surface area (Å²) in [6, 6.07) is 19.5. The Morgan fingerprint density at radius 2 is 1.63 bits per heavy atom. The monoisotopic (exact) mass is 778 g/mol. The molecule has 2 N–H and O–H groups in total.